The monoisotopic (exact) mass is 402 g/mol. The predicted molar refractivity (Wildman–Crippen MR) is 103 cm³/mol. The van der Waals surface area contributed by atoms with Crippen molar-refractivity contribution in [3.8, 4) is 5.75 Å². The Labute approximate surface area is 170 Å². The zero-order valence-electron chi connectivity index (χ0n) is 17.0. The minimum absolute atomic E-state index is 0.0462. The minimum Gasteiger partial charge on any atom is -0.545 e. The second-order valence-corrected chi connectivity index (χ2v) is 9.69. The Kier molecular flexibility index (Phi) is 5.27. The van der Waals surface area contributed by atoms with Gasteiger partial charge in [0.1, 0.15) is 0 Å². The van der Waals surface area contributed by atoms with E-state index < -0.39 is 17.2 Å². The molecule has 158 valence electrons. The molecule has 4 saturated carbocycles. The van der Waals surface area contributed by atoms with Crippen molar-refractivity contribution >= 4 is 11.7 Å². The SMILES string of the molecule is CC(C)C(OCC12CC3CC(CC(C3)C1)C2)Oc1cc(C(=O)[O-])ccc1[N+](=O)[O-]. The van der Waals surface area contributed by atoms with Gasteiger partial charge in [0.25, 0.3) is 0 Å². The largest absolute Gasteiger partial charge is 0.545 e. The van der Waals surface area contributed by atoms with Crippen molar-refractivity contribution in [3.63, 3.8) is 0 Å². The second-order valence-electron chi connectivity index (χ2n) is 9.69. The number of benzene rings is 1. The van der Waals surface area contributed by atoms with Gasteiger partial charge in [-0.15, -0.1) is 0 Å². The fourth-order valence-electron chi connectivity index (χ4n) is 6.10. The highest BCUT2D eigenvalue weighted by Crippen LogP contribution is 2.60. The fourth-order valence-corrected chi connectivity index (χ4v) is 6.10. The summed E-state index contributed by atoms with van der Waals surface area (Å²) >= 11 is 0. The molecule has 1 unspecified atom stereocenters. The fraction of sp³-hybridized carbons (Fsp3) is 0.682. The number of ether oxygens (including phenoxy) is 2. The van der Waals surface area contributed by atoms with Crippen molar-refractivity contribution in [3.05, 3.63) is 33.9 Å². The van der Waals surface area contributed by atoms with E-state index in [0.29, 0.717) is 6.61 Å². The lowest BCUT2D eigenvalue weighted by atomic mass is 9.50. The summed E-state index contributed by atoms with van der Waals surface area (Å²) in [6, 6.07) is 3.44. The lowest BCUT2D eigenvalue weighted by molar-refractivity contribution is -0.386. The third-order valence-electron chi connectivity index (χ3n) is 6.90. The first-order valence-corrected chi connectivity index (χ1v) is 10.5. The van der Waals surface area contributed by atoms with Gasteiger partial charge in [-0.3, -0.25) is 10.1 Å². The molecule has 29 heavy (non-hydrogen) atoms. The van der Waals surface area contributed by atoms with Crippen molar-refractivity contribution in [1.29, 1.82) is 0 Å². The van der Waals surface area contributed by atoms with Gasteiger partial charge >= 0.3 is 5.69 Å². The summed E-state index contributed by atoms with van der Waals surface area (Å²) in [5.41, 5.74) is -0.238. The number of nitro groups is 1. The van der Waals surface area contributed by atoms with Gasteiger partial charge in [-0.05, 0) is 73.8 Å². The van der Waals surface area contributed by atoms with Crippen molar-refractivity contribution in [2.24, 2.45) is 29.1 Å². The van der Waals surface area contributed by atoms with Gasteiger partial charge in [0.2, 0.25) is 12.0 Å². The first-order valence-electron chi connectivity index (χ1n) is 10.5. The summed E-state index contributed by atoms with van der Waals surface area (Å²) < 4.78 is 12.1. The zero-order chi connectivity index (χ0) is 20.8. The average Bonchev–Trinajstić information content (AvgIpc) is 2.63. The lowest BCUT2D eigenvalue weighted by Gasteiger charge is -2.56. The van der Waals surface area contributed by atoms with Crippen LogP contribution in [-0.2, 0) is 4.74 Å². The topological polar surface area (TPSA) is 102 Å². The Balaban J connectivity index is 1.50. The maximum absolute atomic E-state index is 11.4. The maximum atomic E-state index is 11.4. The van der Waals surface area contributed by atoms with Crippen LogP contribution in [0.1, 0.15) is 62.7 Å². The Hall–Kier alpha value is -2.15. The van der Waals surface area contributed by atoms with E-state index in [0.717, 1.165) is 36.0 Å². The molecule has 4 aliphatic carbocycles. The van der Waals surface area contributed by atoms with E-state index in [1.54, 1.807) is 0 Å². The van der Waals surface area contributed by atoms with Crippen LogP contribution in [0.5, 0.6) is 5.75 Å². The molecule has 4 aliphatic rings. The standard InChI is InChI=1S/C22H29NO6/c1-13(2)21(29-19-8-17(20(24)25)3-4-18(19)23(26)27)28-12-22-9-14-5-15(10-22)7-16(6-14)11-22/h3-4,8,13-16,21H,5-7,9-12H2,1-2H3,(H,24,25)/p-1. The van der Waals surface area contributed by atoms with Gasteiger partial charge in [0, 0.05) is 17.5 Å². The molecule has 1 aromatic rings. The zero-order valence-corrected chi connectivity index (χ0v) is 17.0. The van der Waals surface area contributed by atoms with Crippen molar-refractivity contribution in [2.75, 3.05) is 6.61 Å². The molecule has 1 atom stereocenters. The Bertz CT molecular complexity index is 769. The van der Waals surface area contributed by atoms with Crippen LogP contribution in [0, 0.1) is 39.2 Å². The average molecular weight is 402 g/mol. The number of rotatable bonds is 8. The molecule has 0 heterocycles. The van der Waals surface area contributed by atoms with Crippen molar-refractivity contribution < 1.29 is 24.3 Å². The number of aromatic carboxylic acids is 1. The van der Waals surface area contributed by atoms with E-state index in [9.17, 15) is 20.0 Å². The van der Waals surface area contributed by atoms with Gasteiger partial charge in [-0.2, -0.15) is 0 Å². The van der Waals surface area contributed by atoms with Crippen LogP contribution in [0.25, 0.3) is 0 Å². The van der Waals surface area contributed by atoms with Crippen LogP contribution in [0.4, 0.5) is 5.69 Å². The number of nitro benzene ring substituents is 1. The molecule has 0 aliphatic heterocycles. The van der Waals surface area contributed by atoms with E-state index in [4.69, 9.17) is 9.47 Å². The van der Waals surface area contributed by atoms with Gasteiger partial charge in [-0.1, -0.05) is 13.8 Å². The van der Waals surface area contributed by atoms with Crippen molar-refractivity contribution in [1.82, 2.24) is 0 Å². The lowest BCUT2D eigenvalue weighted by Crippen LogP contribution is -2.49. The van der Waals surface area contributed by atoms with Crippen LogP contribution in [0.15, 0.2) is 18.2 Å². The van der Waals surface area contributed by atoms with Gasteiger partial charge < -0.3 is 19.4 Å². The molecule has 0 N–H and O–H groups in total. The third kappa shape index (κ3) is 4.10. The second kappa shape index (κ2) is 7.59. The summed E-state index contributed by atoms with van der Waals surface area (Å²) in [5, 5.41) is 22.5. The third-order valence-corrected chi connectivity index (χ3v) is 6.90. The summed E-state index contributed by atoms with van der Waals surface area (Å²) in [4.78, 5) is 22.0. The van der Waals surface area contributed by atoms with E-state index in [1.165, 1.54) is 38.5 Å². The van der Waals surface area contributed by atoms with Crippen LogP contribution < -0.4 is 9.84 Å². The van der Waals surface area contributed by atoms with E-state index in [1.807, 2.05) is 13.8 Å². The minimum atomic E-state index is -1.40. The molecule has 0 spiro atoms. The number of carboxylic acid groups (broad SMARTS) is 1. The molecule has 7 nitrogen and oxygen atoms in total. The maximum Gasteiger partial charge on any atom is 0.311 e. The first kappa shape index (κ1) is 20.1. The molecule has 1 aromatic carbocycles. The highest BCUT2D eigenvalue weighted by Gasteiger charge is 2.51. The number of carbonyl (C=O) groups excluding carboxylic acids is 1. The number of carboxylic acids is 1. The first-order chi connectivity index (χ1) is 13.7. The number of carbonyl (C=O) groups is 1. The Morgan fingerprint density at radius 2 is 1.76 bits per heavy atom. The van der Waals surface area contributed by atoms with E-state index >= 15 is 0 Å². The number of hydrogen-bond donors (Lipinski definition) is 0. The van der Waals surface area contributed by atoms with Gasteiger partial charge in [0.05, 0.1) is 17.5 Å². The molecule has 0 aromatic heterocycles. The molecular weight excluding hydrogens is 374 g/mol. The molecular formula is C22H28NO6-. The highest BCUT2D eigenvalue weighted by molar-refractivity contribution is 5.87. The summed E-state index contributed by atoms with van der Waals surface area (Å²) in [7, 11) is 0. The molecule has 4 bridgehead atoms. The van der Waals surface area contributed by atoms with Gasteiger partial charge in [-0.25, -0.2) is 0 Å². The van der Waals surface area contributed by atoms with Gasteiger partial charge in [0.15, 0.2) is 0 Å². The van der Waals surface area contributed by atoms with E-state index in [-0.39, 0.29) is 28.3 Å². The van der Waals surface area contributed by atoms with E-state index in [2.05, 4.69) is 0 Å². The summed E-state index contributed by atoms with van der Waals surface area (Å²) in [6.07, 6.45) is 6.97. The smallest absolute Gasteiger partial charge is 0.311 e. The number of hydrogen-bond acceptors (Lipinski definition) is 6. The molecule has 0 amide bonds. The highest BCUT2D eigenvalue weighted by atomic mass is 16.7. The predicted octanol–water partition coefficient (Wildman–Crippen LogP) is 3.55. The molecule has 0 saturated heterocycles. The molecule has 4 fully saturated rings. The molecule has 0 radical (unpaired) electrons. The van der Waals surface area contributed by atoms with Crippen LogP contribution >= 0.6 is 0 Å². The Morgan fingerprint density at radius 1 is 1.17 bits per heavy atom. The quantitative estimate of drug-likeness (QED) is 0.374. The summed E-state index contributed by atoms with van der Waals surface area (Å²) in [6.45, 7) is 4.45. The van der Waals surface area contributed by atoms with Crippen LogP contribution in [-0.4, -0.2) is 23.8 Å². The Morgan fingerprint density at radius 3 is 2.24 bits per heavy atom. The molecule has 5 rings (SSSR count). The molecule has 7 heteroatoms. The normalized spacial score (nSPS) is 31.1. The number of nitrogens with zero attached hydrogens (tertiary/aromatic N) is 1. The van der Waals surface area contributed by atoms with Crippen LogP contribution in [0.2, 0.25) is 0 Å². The van der Waals surface area contributed by atoms with Crippen molar-refractivity contribution in [2.45, 2.75) is 58.7 Å². The van der Waals surface area contributed by atoms with Crippen LogP contribution in [0.3, 0.4) is 0 Å². The summed E-state index contributed by atoms with van der Waals surface area (Å²) in [5.74, 6) is 0.883.